The fourth-order valence-corrected chi connectivity index (χ4v) is 2.50. The van der Waals surface area contributed by atoms with Crippen LogP contribution in [0, 0.1) is 5.92 Å². The normalized spacial score (nSPS) is 23.8. The molecule has 0 radical (unpaired) electrons. The maximum Gasteiger partial charge on any atom is 0.227 e. The Hall–Kier alpha value is -0.980. The van der Waals surface area contributed by atoms with E-state index in [1.807, 2.05) is 12.4 Å². The number of ether oxygens (including phenoxy) is 1. The number of aromatic nitrogens is 1. The van der Waals surface area contributed by atoms with E-state index >= 15 is 0 Å². The van der Waals surface area contributed by atoms with E-state index in [2.05, 4.69) is 15.6 Å². The number of nitrogens with one attached hydrogen (secondary N) is 2. The van der Waals surface area contributed by atoms with Crippen molar-refractivity contribution < 1.29 is 9.53 Å². The molecule has 1 fully saturated rings. The van der Waals surface area contributed by atoms with Gasteiger partial charge in [-0.25, -0.2) is 4.98 Å². The summed E-state index contributed by atoms with van der Waals surface area (Å²) >= 11 is 1.57. The van der Waals surface area contributed by atoms with E-state index in [9.17, 15) is 4.79 Å². The predicted octanol–water partition coefficient (Wildman–Crippen LogP) is 0.0362. The fraction of sp³-hybridized carbons (Fsp3) is 0.636. The molecule has 5 nitrogen and oxygen atoms in total. The Morgan fingerprint density at radius 2 is 2.53 bits per heavy atom. The molecule has 0 saturated carbocycles. The maximum absolute atomic E-state index is 11.9. The van der Waals surface area contributed by atoms with Crippen LogP contribution in [0.2, 0.25) is 0 Å². The number of likely N-dealkylation sites (N-methyl/N-ethyl adjacent to an activating group) is 1. The van der Waals surface area contributed by atoms with Crippen molar-refractivity contribution in [2.45, 2.75) is 12.5 Å². The van der Waals surface area contributed by atoms with Gasteiger partial charge in [-0.2, -0.15) is 0 Å². The summed E-state index contributed by atoms with van der Waals surface area (Å²) in [6.07, 6.45) is 0.785. The van der Waals surface area contributed by atoms with Gasteiger partial charge in [-0.3, -0.25) is 4.79 Å². The first-order valence-corrected chi connectivity index (χ1v) is 6.65. The zero-order valence-corrected chi connectivity index (χ0v) is 10.6. The average molecular weight is 255 g/mol. The molecular weight excluding hydrogens is 238 g/mol. The average Bonchev–Trinajstić information content (AvgIpc) is 2.99. The molecule has 1 aromatic rings. The Morgan fingerprint density at radius 1 is 1.65 bits per heavy atom. The highest BCUT2D eigenvalue weighted by Gasteiger charge is 2.32. The lowest BCUT2D eigenvalue weighted by atomic mass is 10.0. The molecule has 1 amide bonds. The molecule has 2 rings (SSSR count). The van der Waals surface area contributed by atoms with E-state index in [1.165, 1.54) is 0 Å². The molecule has 1 aliphatic heterocycles. The summed E-state index contributed by atoms with van der Waals surface area (Å²) in [5.41, 5.74) is 2.84. The molecule has 94 valence electrons. The number of nitrogens with zero attached hydrogens (tertiary/aromatic N) is 1. The molecule has 6 heteroatoms. The zero-order valence-electron chi connectivity index (χ0n) is 9.81. The lowest BCUT2D eigenvalue weighted by molar-refractivity contribution is -0.125. The Kier molecular flexibility index (Phi) is 4.47. The van der Waals surface area contributed by atoms with Gasteiger partial charge in [0.25, 0.3) is 0 Å². The van der Waals surface area contributed by atoms with Gasteiger partial charge < -0.3 is 15.4 Å². The van der Waals surface area contributed by atoms with Crippen LogP contribution < -0.4 is 10.6 Å². The van der Waals surface area contributed by atoms with E-state index in [0.717, 1.165) is 12.1 Å². The minimum atomic E-state index is -0.0737. The van der Waals surface area contributed by atoms with Crippen molar-refractivity contribution in [3.8, 4) is 0 Å². The number of hydrogen-bond acceptors (Lipinski definition) is 5. The molecule has 0 aliphatic carbocycles. The van der Waals surface area contributed by atoms with Gasteiger partial charge in [-0.1, -0.05) is 0 Å². The van der Waals surface area contributed by atoms with Crippen molar-refractivity contribution in [3.63, 3.8) is 0 Å². The summed E-state index contributed by atoms with van der Waals surface area (Å²) in [6, 6.07) is 0.134. The summed E-state index contributed by atoms with van der Waals surface area (Å²) < 4.78 is 5.30. The minimum absolute atomic E-state index is 0.0667. The molecule has 2 N–H and O–H groups in total. The van der Waals surface area contributed by atoms with Crippen molar-refractivity contribution in [2.75, 3.05) is 26.8 Å². The van der Waals surface area contributed by atoms with Gasteiger partial charge in [0, 0.05) is 24.4 Å². The molecule has 17 heavy (non-hydrogen) atoms. The second kappa shape index (κ2) is 6.09. The highest BCUT2D eigenvalue weighted by Crippen LogP contribution is 2.13. The topological polar surface area (TPSA) is 63.2 Å². The van der Waals surface area contributed by atoms with Crippen LogP contribution in [0.15, 0.2) is 10.9 Å². The van der Waals surface area contributed by atoms with Gasteiger partial charge in [0.05, 0.1) is 30.3 Å². The predicted molar refractivity (Wildman–Crippen MR) is 66.0 cm³/mol. The van der Waals surface area contributed by atoms with E-state index in [0.29, 0.717) is 19.8 Å². The number of hydrogen-bond donors (Lipinski definition) is 2. The molecule has 0 aromatic carbocycles. The van der Waals surface area contributed by atoms with Gasteiger partial charge >= 0.3 is 0 Å². The Balaban J connectivity index is 1.73. The third-order valence-electron chi connectivity index (χ3n) is 2.95. The van der Waals surface area contributed by atoms with Gasteiger partial charge in [0.1, 0.15) is 0 Å². The zero-order chi connectivity index (χ0) is 12.1. The van der Waals surface area contributed by atoms with Gasteiger partial charge in [0.15, 0.2) is 0 Å². The Morgan fingerprint density at radius 3 is 3.24 bits per heavy atom. The van der Waals surface area contributed by atoms with Crippen LogP contribution in [0.5, 0.6) is 0 Å². The first-order chi connectivity index (χ1) is 8.31. The van der Waals surface area contributed by atoms with Crippen molar-refractivity contribution in [2.24, 2.45) is 5.92 Å². The quantitative estimate of drug-likeness (QED) is 0.779. The molecule has 2 unspecified atom stereocenters. The molecule has 1 aromatic heterocycles. The number of carbonyl (C=O) groups excluding carboxylic acids is 1. The Bertz CT molecular complexity index is 356. The van der Waals surface area contributed by atoms with Crippen LogP contribution in [-0.2, 0) is 16.0 Å². The fourth-order valence-electron chi connectivity index (χ4n) is 1.90. The van der Waals surface area contributed by atoms with Gasteiger partial charge in [-0.05, 0) is 7.05 Å². The largest absolute Gasteiger partial charge is 0.379 e. The number of amides is 1. The SMILES string of the molecule is CNC1COCC1C(=O)NCCc1cscn1. The van der Waals surface area contributed by atoms with E-state index in [-0.39, 0.29) is 17.9 Å². The van der Waals surface area contributed by atoms with E-state index < -0.39 is 0 Å². The molecule has 1 saturated heterocycles. The third kappa shape index (κ3) is 3.24. The maximum atomic E-state index is 11.9. The van der Waals surface area contributed by atoms with Crippen molar-refractivity contribution in [1.82, 2.24) is 15.6 Å². The van der Waals surface area contributed by atoms with Crippen LogP contribution in [0.1, 0.15) is 5.69 Å². The molecule has 2 atom stereocenters. The third-order valence-corrected chi connectivity index (χ3v) is 3.59. The second-order valence-corrected chi connectivity index (χ2v) is 4.78. The van der Waals surface area contributed by atoms with Crippen LogP contribution >= 0.6 is 11.3 Å². The van der Waals surface area contributed by atoms with Crippen LogP contribution in [0.4, 0.5) is 0 Å². The monoisotopic (exact) mass is 255 g/mol. The standard InChI is InChI=1S/C11H17N3O2S/c1-12-10-5-16-4-9(10)11(15)13-3-2-8-6-17-7-14-8/h6-7,9-10,12H,2-5H2,1H3,(H,13,15). The van der Waals surface area contributed by atoms with Crippen LogP contribution in [-0.4, -0.2) is 43.7 Å². The molecule has 2 heterocycles. The molecule has 1 aliphatic rings. The summed E-state index contributed by atoms with van der Waals surface area (Å²) in [7, 11) is 1.86. The minimum Gasteiger partial charge on any atom is -0.379 e. The highest BCUT2D eigenvalue weighted by molar-refractivity contribution is 7.07. The highest BCUT2D eigenvalue weighted by atomic mass is 32.1. The molecular formula is C11H17N3O2S. The number of thiazole rings is 1. The first kappa shape index (κ1) is 12.5. The van der Waals surface area contributed by atoms with Crippen molar-refractivity contribution in [3.05, 3.63) is 16.6 Å². The summed E-state index contributed by atoms with van der Waals surface area (Å²) in [5.74, 6) is -0.00693. The van der Waals surface area contributed by atoms with E-state index in [1.54, 1.807) is 16.8 Å². The Labute approximate surface area is 105 Å². The first-order valence-electron chi connectivity index (χ1n) is 5.71. The van der Waals surface area contributed by atoms with Crippen LogP contribution in [0.3, 0.4) is 0 Å². The van der Waals surface area contributed by atoms with E-state index in [4.69, 9.17) is 4.74 Å². The molecule has 0 spiro atoms. The number of carbonyl (C=O) groups is 1. The lowest BCUT2D eigenvalue weighted by Gasteiger charge is -2.16. The second-order valence-electron chi connectivity index (χ2n) is 4.06. The smallest absolute Gasteiger partial charge is 0.227 e. The van der Waals surface area contributed by atoms with Gasteiger partial charge in [0.2, 0.25) is 5.91 Å². The van der Waals surface area contributed by atoms with Crippen molar-refractivity contribution >= 4 is 17.2 Å². The summed E-state index contributed by atoms with van der Waals surface area (Å²) in [4.78, 5) is 16.1. The van der Waals surface area contributed by atoms with Crippen molar-refractivity contribution in [1.29, 1.82) is 0 Å². The van der Waals surface area contributed by atoms with Gasteiger partial charge in [-0.15, -0.1) is 11.3 Å². The summed E-state index contributed by atoms with van der Waals surface area (Å²) in [6.45, 7) is 1.75. The van der Waals surface area contributed by atoms with Crippen LogP contribution in [0.25, 0.3) is 0 Å². The number of rotatable bonds is 5. The summed E-state index contributed by atoms with van der Waals surface area (Å²) in [5, 5.41) is 8.04. The molecule has 0 bridgehead atoms. The lowest BCUT2D eigenvalue weighted by Crippen LogP contribution is -2.43.